The zero-order chi connectivity index (χ0) is 9.84. The second-order valence-electron chi connectivity index (χ2n) is 2.79. The Kier molecular flexibility index (Phi) is 3.11. The molecule has 1 aromatic rings. The van der Waals surface area contributed by atoms with Crippen LogP contribution in [0.4, 0.5) is 0 Å². The normalized spacial score (nSPS) is 10.1. The number of phenols is 1. The smallest absolute Gasteiger partial charge is 0.125 e. The van der Waals surface area contributed by atoms with E-state index in [9.17, 15) is 5.11 Å². The monoisotopic (exact) mass is 183 g/mol. The van der Waals surface area contributed by atoms with Crippen molar-refractivity contribution in [3.05, 3.63) is 23.3 Å². The summed E-state index contributed by atoms with van der Waals surface area (Å²) in [6.45, 7) is 2.09. The number of nitrogens with one attached hydrogen (secondary N) is 1. The van der Waals surface area contributed by atoms with E-state index in [4.69, 9.17) is 9.94 Å². The van der Waals surface area contributed by atoms with Crippen LogP contribution in [0, 0.1) is 6.92 Å². The lowest BCUT2D eigenvalue weighted by molar-refractivity contribution is 0.160. The number of hydrogen-bond donors (Lipinski definition) is 3. The molecular weight excluding hydrogens is 170 g/mol. The molecule has 0 saturated heterocycles. The highest BCUT2D eigenvalue weighted by Gasteiger charge is 2.05. The fraction of sp³-hybridized carbons (Fsp3) is 0.333. The number of phenolic OH excluding ortho intramolecular Hbond substituents is 1. The van der Waals surface area contributed by atoms with Crippen molar-refractivity contribution in [3.8, 4) is 11.5 Å². The topological polar surface area (TPSA) is 61.7 Å². The maximum Gasteiger partial charge on any atom is 0.125 e. The Labute approximate surface area is 76.7 Å². The molecule has 13 heavy (non-hydrogen) atoms. The predicted molar refractivity (Wildman–Crippen MR) is 48.0 cm³/mol. The molecule has 0 amide bonds. The Morgan fingerprint density at radius 2 is 2.15 bits per heavy atom. The largest absolute Gasteiger partial charge is 0.507 e. The second kappa shape index (κ2) is 4.11. The summed E-state index contributed by atoms with van der Waals surface area (Å²) in [6.07, 6.45) is 0. The van der Waals surface area contributed by atoms with Gasteiger partial charge in [0.2, 0.25) is 0 Å². The Morgan fingerprint density at radius 3 is 2.69 bits per heavy atom. The van der Waals surface area contributed by atoms with E-state index in [-0.39, 0.29) is 12.3 Å². The number of rotatable bonds is 3. The molecule has 4 nitrogen and oxygen atoms in total. The van der Waals surface area contributed by atoms with Gasteiger partial charge in [-0.25, -0.2) is 5.48 Å². The van der Waals surface area contributed by atoms with Crippen LogP contribution in [0.3, 0.4) is 0 Å². The molecule has 0 aliphatic carbocycles. The first-order valence-electron chi connectivity index (χ1n) is 3.92. The van der Waals surface area contributed by atoms with Crippen LogP contribution in [0.5, 0.6) is 11.5 Å². The van der Waals surface area contributed by atoms with E-state index in [1.807, 2.05) is 12.4 Å². The van der Waals surface area contributed by atoms with Gasteiger partial charge in [-0.05, 0) is 18.6 Å². The van der Waals surface area contributed by atoms with Gasteiger partial charge >= 0.3 is 0 Å². The van der Waals surface area contributed by atoms with Crippen LogP contribution in [0.25, 0.3) is 0 Å². The summed E-state index contributed by atoms with van der Waals surface area (Å²) in [4.78, 5) is 0. The first-order valence-corrected chi connectivity index (χ1v) is 3.92. The van der Waals surface area contributed by atoms with Gasteiger partial charge in [-0.1, -0.05) is 0 Å². The summed E-state index contributed by atoms with van der Waals surface area (Å²) >= 11 is 0. The van der Waals surface area contributed by atoms with E-state index >= 15 is 0 Å². The summed E-state index contributed by atoms with van der Waals surface area (Å²) in [5, 5.41) is 17.9. The van der Waals surface area contributed by atoms with Gasteiger partial charge in [0.05, 0.1) is 7.11 Å². The molecule has 1 rings (SSSR count). The maximum absolute atomic E-state index is 9.45. The highest BCUT2D eigenvalue weighted by atomic mass is 16.5. The van der Waals surface area contributed by atoms with Crippen molar-refractivity contribution >= 4 is 0 Å². The Balaban J connectivity index is 3.05. The van der Waals surface area contributed by atoms with Crippen molar-refractivity contribution in [2.75, 3.05) is 7.11 Å². The number of ether oxygens (including phenoxy) is 1. The second-order valence-corrected chi connectivity index (χ2v) is 2.79. The molecule has 0 saturated carbocycles. The number of hydrogen-bond acceptors (Lipinski definition) is 4. The van der Waals surface area contributed by atoms with Crippen molar-refractivity contribution in [1.82, 2.24) is 5.48 Å². The molecule has 0 radical (unpaired) electrons. The van der Waals surface area contributed by atoms with Gasteiger partial charge in [-0.15, -0.1) is 0 Å². The molecule has 0 unspecified atom stereocenters. The molecular formula is C9H13NO3. The first-order chi connectivity index (χ1) is 6.19. The number of benzene rings is 1. The predicted octanol–water partition coefficient (Wildman–Crippen LogP) is 1.19. The summed E-state index contributed by atoms with van der Waals surface area (Å²) in [5.74, 6) is 0.753. The lowest BCUT2D eigenvalue weighted by Gasteiger charge is -2.09. The van der Waals surface area contributed by atoms with Gasteiger partial charge < -0.3 is 15.1 Å². The van der Waals surface area contributed by atoms with E-state index < -0.39 is 0 Å². The Bertz CT molecular complexity index is 299. The van der Waals surface area contributed by atoms with Crippen LogP contribution in [0.1, 0.15) is 11.1 Å². The van der Waals surface area contributed by atoms with Crippen LogP contribution in [-0.2, 0) is 6.54 Å². The van der Waals surface area contributed by atoms with Gasteiger partial charge in [-0.3, -0.25) is 0 Å². The molecule has 0 aliphatic heterocycles. The van der Waals surface area contributed by atoms with Crippen molar-refractivity contribution in [2.24, 2.45) is 0 Å². The highest BCUT2D eigenvalue weighted by Crippen LogP contribution is 2.27. The van der Waals surface area contributed by atoms with Crippen molar-refractivity contribution in [2.45, 2.75) is 13.5 Å². The van der Waals surface area contributed by atoms with Crippen molar-refractivity contribution < 1.29 is 15.1 Å². The van der Waals surface area contributed by atoms with E-state index in [1.54, 1.807) is 13.2 Å². The lowest BCUT2D eigenvalue weighted by Crippen LogP contribution is -2.06. The summed E-state index contributed by atoms with van der Waals surface area (Å²) < 4.78 is 5.02. The average molecular weight is 183 g/mol. The van der Waals surface area contributed by atoms with E-state index in [0.29, 0.717) is 11.3 Å². The van der Waals surface area contributed by atoms with Crippen LogP contribution in [-0.4, -0.2) is 17.4 Å². The molecule has 0 fully saturated rings. The van der Waals surface area contributed by atoms with E-state index in [2.05, 4.69) is 0 Å². The number of methoxy groups -OCH3 is 1. The molecule has 4 heteroatoms. The third kappa shape index (κ3) is 2.11. The van der Waals surface area contributed by atoms with Crippen LogP contribution in [0.2, 0.25) is 0 Å². The van der Waals surface area contributed by atoms with E-state index in [1.165, 1.54) is 6.07 Å². The molecule has 0 bridgehead atoms. The number of aromatic hydroxyl groups is 1. The average Bonchev–Trinajstić information content (AvgIpc) is 2.11. The van der Waals surface area contributed by atoms with Crippen LogP contribution < -0.4 is 10.2 Å². The van der Waals surface area contributed by atoms with Gasteiger partial charge in [0, 0.05) is 18.2 Å². The standard InChI is InChI=1S/C9H13NO3/c1-6-3-7(5-10-12)8(11)4-9(6)13-2/h3-4,10-12H,5H2,1-2H3. The summed E-state index contributed by atoms with van der Waals surface area (Å²) in [6, 6.07) is 3.29. The SMILES string of the molecule is COc1cc(O)c(CNO)cc1C. The fourth-order valence-corrected chi connectivity index (χ4v) is 1.18. The van der Waals surface area contributed by atoms with Crippen LogP contribution >= 0.6 is 0 Å². The van der Waals surface area contributed by atoms with Gasteiger partial charge in [0.15, 0.2) is 0 Å². The molecule has 0 aromatic heterocycles. The van der Waals surface area contributed by atoms with Gasteiger partial charge in [-0.2, -0.15) is 0 Å². The highest BCUT2D eigenvalue weighted by molar-refractivity contribution is 5.45. The third-order valence-corrected chi connectivity index (χ3v) is 1.87. The summed E-state index contributed by atoms with van der Waals surface area (Å²) in [7, 11) is 1.55. The van der Waals surface area contributed by atoms with E-state index in [0.717, 1.165) is 5.56 Å². The minimum Gasteiger partial charge on any atom is -0.507 e. The molecule has 72 valence electrons. The molecule has 0 atom stereocenters. The molecule has 0 spiro atoms. The van der Waals surface area contributed by atoms with Gasteiger partial charge in [0.1, 0.15) is 11.5 Å². The van der Waals surface area contributed by atoms with Crippen molar-refractivity contribution in [3.63, 3.8) is 0 Å². The zero-order valence-electron chi connectivity index (χ0n) is 7.66. The summed E-state index contributed by atoms with van der Waals surface area (Å²) in [5.41, 5.74) is 3.55. The van der Waals surface area contributed by atoms with Gasteiger partial charge in [0.25, 0.3) is 0 Å². The third-order valence-electron chi connectivity index (χ3n) is 1.87. The number of aryl methyl sites for hydroxylation is 1. The molecule has 3 N–H and O–H groups in total. The van der Waals surface area contributed by atoms with Crippen molar-refractivity contribution in [1.29, 1.82) is 0 Å². The molecule has 0 heterocycles. The molecule has 0 aliphatic rings. The first kappa shape index (κ1) is 9.83. The minimum absolute atomic E-state index is 0.115. The number of hydroxylamine groups is 1. The minimum atomic E-state index is 0.115. The quantitative estimate of drug-likeness (QED) is 0.616. The Hall–Kier alpha value is -1.26. The fourth-order valence-electron chi connectivity index (χ4n) is 1.18. The Morgan fingerprint density at radius 1 is 1.46 bits per heavy atom. The van der Waals surface area contributed by atoms with Crippen LogP contribution in [0.15, 0.2) is 12.1 Å². The molecule has 1 aromatic carbocycles. The zero-order valence-corrected chi connectivity index (χ0v) is 7.66. The lowest BCUT2D eigenvalue weighted by atomic mass is 10.1. The maximum atomic E-state index is 9.45.